The SMILES string of the molecule is CCCCCCCCCCCCCC(=O)OC(COC(=O)CCCCCCCCCCCC)COC(OCC[N+](C)(C)C)C(=O)O. The molecule has 0 aromatic heterocycles. The average molecular weight is 659 g/mol. The van der Waals surface area contributed by atoms with Gasteiger partial charge in [0.1, 0.15) is 13.2 Å². The second kappa shape index (κ2) is 30.6. The van der Waals surface area contributed by atoms with Crippen LogP contribution in [0, 0.1) is 0 Å². The maximum absolute atomic E-state index is 12.6. The van der Waals surface area contributed by atoms with Gasteiger partial charge in [-0.2, -0.15) is 0 Å². The van der Waals surface area contributed by atoms with Gasteiger partial charge in [-0.15, -0.1) is 0 Å². The van der Waals surface area contributed by atoms with Crippen LogP contribution in [0.1, 0.15) is 162 Å². The van der Waals surface area contributed by atoms with Crippen molar-refractivity contribution in [3.05, 3.63) is 0 Å². The lowest BCUT2D eigenvalue weighted by Gasteiger charge is -2.25. The fourth-order valence-corrected chi connectivity index (χ4v) is 5.13. The molecule has 0 fully saturated rings. The summed E-state index contributed by atoms with van der Waals surface area (Å²) in [5.74, 6) is -2.00. The highest BCUT2D eigenvalue weighted by molar-refractivity contribution is 5.71. The Labute approximate surface area is 282 Å². The van der Waals surface area contributed by atoms with Gasteiger partial charge in [0.2, 0.25) is 0 Å². The molecule has 0 aromatic rings. The number of unbranched alkanes of at least 4 members (excludes halogenated alkanes) is 19. The van der Waals surface area contributed by atoms with Crippen LogP contribution >= 0.6 is 0 Å². The molecule has 9 nitrogen and oxygen atoms in total. The maximum atomic E-state index is 12.6. The lowest BCUT2D eigenvalue weighted by molar-refractivity contribution is -0.870. The van der Waals surface area contributed by atoms with Crippen molar-refractivity contribution in [2.24, 2.45) is 0 Å². The highest BCUT2D eigenvalue weighted by Crippen LogP contribution is 2.14. The first-order chi connectivity index (χ1) is 22.1. The number of ether oxygens (including phenoxy) is 4. The first kappa shape index (κ1) is 44.3. The van der Waals surface area contributed by atoms with Crippen molar-refractivity contribution in [1.82, 2.24) is 0 Å². The summed E-state index contributed by atoms with van der Waals surface area (Å²) in [5.41, 5.74) is 0. The van der Waals surface area contributed by atoms with Crippen molar-refractivity contribution in [2.45, 2.75) is 174 Å². The smallest absolute Gasteiger partial charge is 0.361 e. The van der Waals surface area contributed by atoms with Gasteiger partial charge in [0, 0.05) is 12.8 Å². The minimum Gasteiger partial charge on any atom is -0.477 e. The van der Waals surface area contributed by atoms with Crippen LogP contribution in [0.5, 0.6) is 0 Å². The summed E-state index contributed by atoms with van der Waals surface area (Å²) in [7, 11) is 5.94. The van der Waals surface area contributed by atoms with Crippen molar-refractivity contribution in [2.75, 3.05) is 47.5 Å². The monoisotopic (exact) mass is 659 g/mol. The Bertz CT molecular complexity index is 739. The van der Waals surface area contributed by atoms with E-state index < -0.39 is 24.3 Å². The van der Waals surface area contributed by atoms with Crippen LogP contribution in [0.25, 0.3) is 0 Å². The Morgan fingerprint density at radius 1 is 0.565 bits per heavy atom. The molecule has 0 rings (SSSR count). The number of carbonyl (C=O) groups excluding carboxylic acids is 2. The average Bonchev–Trinajstić information content (AvgIpc) is 3.00. The van der Waals surface area contributed by atoms with Gasteiger partial charge in [0.25, 0.3) is 6.29 Å². The van der Waals surface area contributed by atoms with E-state index in [9.17, 15) is 19.5 Å². The second-order valence-corrected chi connectivity index (χ2v) is 13.9. The molecular weight excluding hydrogens is 586 g/mol. The van der Waals surface area contributed by atoms with Crippen LogP contribution in [0.15, 0.2) is 0 Å². The molecule has 0 saturated carbocycles. The number of likely N-dealkylation sites (N-methyl/N-ethyl adjacent to an activating group) is 1. The zero-order chi connectivity index (χ0) is 34.3. The number of hydrogen-bond donors (Lipinski definition) is 1. The summed E-state index contributed by atoms with van der Waals surface area (Å²) < 4.78 is 22.6. The van der Waals surface area contributed by atoms with Gasteiger partial charge in [-0.05, 0) is 12.8 Å². The fraction of sp³-hybridized carbons (Fsp3) is 0.919. The van der Waals surface area contributed by atoms with Crippen LogP contribution < -0.4 is 0 Å². The van der Waals surface area contributed by atoms with E-state index in [1.807, 2.05) is 21.1 Å². The maximum Gasteiger partial charge on any atom is 0.361 e. The number of carbonyl (C=O) groups is 3. The molecule has 0 heterocycles. The number of carboxylic acid groups (broad SMARTS) is 1. The van der Waals surface area contributed by atoms with Gasteiger partial charge in [-0.25, -0.2) is 4.79 Å². The van der Waals surface area contributed by atoms with E-state index in [2.05, 4.69) is 13.8 Å². The van der Waals surface area contributed by atoms with Crippen LogP contribution in [0.2, 0.25) is 0 Å². The second-order valence-electron chi connectivity index (χ2n) is 13.9. The number of nitrogens with zero attached hydrogens (tertiary/aromatic N) is 1. The van der Waals surface area contributed by atoms with Crippen molar-refractivity contribution in [3.8, 4) is 0 Å². The number of quaternary nitrogens is 1. The normalized spacial score (nSPS) is 13.0. The molecule has 9 heteroatoms. The molecule has 0 aliphatic heterocycles. The molecule has 0 aromatic carbocycles. The number of rotatable bonds is 34. The molecule has 0 amide bonds. The van der Waals surface area contributed by atoms with Crippen LogP contribution in [-0.4, -0.2) is 87.4 Å². The van der Waals surface area contributed by atoms with Crippen molar-refractivity contribution in [3.63, 3.8) is 0 Å². The third-order valence-corrected chi connectivity index (χ3v) is 8.11. The topological polar surface area (TPSA) is 108 Å². The summed E-state index contributed by atoms with van der Waals surface area (Å²) >= 11 is 0. The first-order valence-electron chi connectivity index (χ1n) is 18.7. The van der Waals surface area contributed by atoms with Crippen LogP contribution in [-0.2, 0) is 33.3 Å². The molecule has 272 valence electrons. The van der Waals surface area contributed by atoms with Gasteiger partial charge >= 0.3 is 17.9 Å². The number of aliphatic carboxylic acids is 1. The quantitative estimate of drug-likeness (QED) is 0.0317. The first-order valence-corrected chi connectivity index (χ1v) is 18.7. The van der Waals surface area contributed by atoms with Crippen molar-refractivity contribution < 1.29 is 42.9 Å². The van der Waals surface area contributed by atoms with Crippen LogP contribution in [0.4, 0.5) is 0 Å². The molecule has 0 saturated heterocycles. The van der Waals surface area contributed by atoms with E-state index in [4.69, 9.17) is 18.9 Å². The Morgan fingerprint density at radius 3 is 1.39 bits per heavy atom. The van der Waals surface area contributed by atoms with Crippen LogP contribution in [0.3, 0.4) is 0 Å². The van der Waals surface area contributed by atoms with Crippen molar-refractivity contribution >= 4 is 17.9 Å². The Morgan fingerprint density at radius 2 is 0.978 bits per heavy atom. The van der Waals surface area contributed by atoms with E-state index >= 15 is 0 Å². The molecule has 0 aliphatic rings. The standard InChI is InChI=1S/C37H71NO8/c1-6-8-10-12-14-16-18-20-22-24-26-28-35(40)46-33(32-45-37(36(41)42)43-30-29-38(3,4)5)31-44-34(39)27-25-23-21-19-17-15-13-11-9-7-2/h33,37H,6-32H2,1-5H3/p+1. The molecular formula is C37H72NO8+. The van der Waals surface area contributed by atoms with E-state index in [0.29, 0.717) is 17.4 Å². The van der Waals surface area contributed by atoms with Gasteiger partial charge in [0.15, 0.2) is 6.10 Å². The molecule has 0 spiro atoms. The fourth-order valence-electron chi connectivity index (χ4n) is 5.13. The summed E-state index contributed by atoms with van der Waals surface area (Å²) in [6.07, 6.45) is 23.0. The molecule has 2 unspecified atom stereocenters. The van der Waals surface area contributed by atoms with Gasteiger partial charge in [-0.1, -0.05) is 136 Å². The Balaban J connectivity index is 4.55. The lowest BCUT2D eigenvalue weighted by atomic mass is 10.1. The van der Waals surface area contributed by atoms with Gasteiger partial charge in [0.05, 0.1) is 34.4 Å². The van der Waals surface area contributed by atoms with E-state index in [1.54, 1.807) is 0 Å². The van der Waals surface area contributed by atoms with E-state index in [-0.39, 0.29) is 32.2 Å². The number of esters is 2. The number of carboxylic acids is 1. The Hall–Kier alpha value is -1.71. The summed E-state index contributed by atoms with van der Waals surface area (Å²) in [4.78, 5) is 36.7. The summed E-state index contributed by atoms with van der Waals surface area (Å²) in [6.45, 7) is 4.84. The molecule has 2 atom stereocenters. The summed E-state index contributed by atoms with van der Waals surface area (Å²) in [6, 6.07) is 0. The molecule has 46 heavy (non-hydrogen) atoms. The largest absolute Gasteiger partial charge is 0.477 e. The zero-order valence-corrected chi connectivity index (χ0v) is 30.5. The molecule has 0 radical (unpaired) electrons. The van der Waals surface area contributed by atoms with Gasteiger partial charge < -0.3 is 28.5 Å². The lowest BCUT2D eigenvalue weighted by Crippen LogP contribution is -2.40. The zero-order valence-electron chi connectivity index (χ0n) is 30.5. The highest BCUT2D eigenvalue weighted by atomic mass is 16.7. The summed E-state index contributed by atoms with van der Waals surface area (Å²) in [5, 5.41) is 9.56. The van der Waals surface area contributed by atoms with Crippen molar-refractivity contribution in [1.29, 1.82) is 0 Å². The minimum atomic E-state index is -1.50. The third-order valence-electron chi connectivity index (χ3n) is 8.11. The van der Waals surface area contributed by atoms with Gasteiger partial charge in [-0.3, -0.25) is 9.59 Å². The predicted molar refractivity (Wildman–Crippen MR) is 185 cm³/mol. The van der Waals surface area contributed by atoms with E-state index in [0.717, 1.165) is 38.5 Å². The third kappa shape index (κ3) is 30.9. The minimum absolute atomic E-state index is 0.175. The number of hydrogen-bond acceptors (Lipinski definition) is 7. The predicted octanol–water partition coefficient (Wildman–Crippen LogP) is 8.60. The van der Waals surface area contributed by atoms with E-state index in [1.165, 1.54) is 96.3 Å². The Kier molecular flexibility index (Phi) is 29.5. The highest BCUT2D eigenvalue weighted by Gasteiger charge is 2.25. The molecule has 1 N–H and O–H groups in total. The molecule has 0 bridgehead atoms. The molecule has 0 aliphatic carbocycles.